The van der Waals surface area contributed by atoms with E-state index in [0.29, 0.717) is 37.0 Å². The highest BCUT2D eigenvalue weighted by Gasteiger charge is 2.17. The summed E-state index contributed by atoms with van der Waals surface area (Å²) >= 11 is 0. The highest BCUT2D eigenvalue weighted by atomic mass is 16.5. The Hall–Kier alpha value is -3.48. The summed E-state index contributed by atoms with van der Waals surface area (Å²) in [6.07, 6.45) is 1.69. The van der Waals surface area contributed by atoms with Crippen molar-refractivity contribution in [1.82, 2.24) is 9.78 Å². The average molecular weight is 424 g/mol. The molecule has 0 aliphatic heterocycles. The van der Waals surface area contributed by atoms with Gasteiger partial charge in [-0.05, 0) is 75.7 Å². The number of nitrogens with one attached hydrogen (secondary N) is 1. The van der Waals surface area contributed by atoms with E-state index in [1.165, 1.54) is 0 Å². The van der Waals surface area contributed by atoms with Crippen LogP contribution in [0.3, 0.4) is 0 Å². The molecule has 7 nitrogen and oxygen atoms in total. The number of anilines is 1. The predicted molar refractivity (Wildman–Crippen MR) is 120 cm³/mol. The molecule has 31 heavy (non-hydrogen) atoms. The summed E-state index contributed by atoms with van der Waals surface area (Å²) in [5, 5.41) is 7.11. The zero-order valence-corrected chi connectivity index (χ0v) is 18.4. The molecule has 0 saturated carbocycles. The molecule has 1 atom stereocenters. The largest absolute Gasteiger partial charge is 0.490 e. The third-order valence-corrected chi connectivity index (χ3v) is 4.75. The van der Waals surface area contributed by atoms with Crippen LogP contribution in [0.15, 0.2) is 54.7 Å². The zero-order chi connectivity index (χ0) is 22.2. The Kier molecular flexibility index (Phi) is 7.54. The van der Waals surface area contributed by atoms with E-state index in [0.717, 1.165) is 17.0 Å². The Morgan fingerprint density at radius 2 is 1.71 bits per heavy atom. The van der Waals surface area contributed by atoms with Crippen LogP contribution >= 0.6 is 0 Å². The quantitative estimate of drug-likeness (QED) is 0.509. The lowest BCUT2D eigenvalue weighted by molar-refractivity contribution is -0.119. The van der Waals surface area contributed by atoms with Crippen LogP contribution in [0.4, 0.5) is 5.69 Å². The molecule has 0 bridgehead atoms. The normalized spacial score (nSPS) is 11.6. The van der Waals surface area contributed by atoms with Gasteiger partial charge in [0.25, 0.3) is 0 Å². The van der Waals surface area contributed by atoms with Gasteiger partial charge in [0.1, 0.15) is 18.4 Å². The van der Waals surface area contributed by atoms with E-state index in [2.05, 4.69) is 10.4 Å². The maximum absolute atomic E-state index is 12.5. The van der Waals surface area contributed by atoms with Crippen molar-refractivity contribution in [3.8, 4) is 17.2 Å². The van der Waals surface area contributed by atoms with Crippen LogP contribution in [-0.4, -0.2) is 28.9 Å². The van der Waals surface area contributed by atoms with Crippen molar-refractivity contribution in [1.29, 1.82) is 0 Å². The maximum Gasteiger partial charge on any atom is 0.248 e. The molecule has 0 spiro atoms. The lowest BCUT2D eigenvalue weighted by Gasteiger charge is -2.15. The summed E-state index contributed by atoms with van der Waals surface area (Å²) in [5.74, 6) is 2.02. The SMILES string of the molecule is CCOc1ccc(COc2ccc(NC(=O)C(C)n3nccc3C)cc2)cc1OCC. The van der Waals surface area contributed by atoms with Gasteiger partial charge in [0, 0.05) is 17.6 Å². The number of hydrogen-bond donors (Lipinski definition) is 1. The Morgan fingerprint density at radius 3 is 2.35 bits per heavy atom. The van der Waals surface area contributed by atoms with E-state index < -0.39 is 6.04 Å². The summed E-state index contributed by atoms with van der Waals surface area (Å²) < 4.78 is 18.8. The van der Waals surface area contributed by atoms with Crippen LogP contribution in [-0.2, 0) is 11.4 Å². The molecule has 0 saturated heterocycles. The summed E-state index contributed by atoms with van der Waals surface area (Å²) in [7, 11) is 0. The third kappa shape index (κ3) is 5.78. The van der Waals surface area contributed by atoms with Crippen molar-refractivity contribution >= 4 is 11.6 Å². The molecule has 0 aliphatic rings. The van der Waals surface area contributed by atoms with Crippen LogP contribution in [0.5, 0.6) is 17.2 Å². The van der Waals surface area contributed by atoms with Crippen LogP contribution in [0.2, 0.25) is 0 Å². The summed E-state index contributed by atoms with van der Waals surface area (Å²) in [4.78, 5) is 12.5. The second-order valence-electron chi connectivity index (χ2n) is 7.04. The van der Waals surface area contributed by atoms with Gasteiger partial charge >= 0.3 is 0 Å². The van der Waals surface area contributed by atoms with Crippen LogP contribution < -0.4 is 19.5 Å². The topological polar surface area (TPSA) is 74.6 Å². The minimum Gasteiger partial charge on any atom is -0.490 e. The first-order valence-electron chi connectivity index (χ1n) is 10.4. The number of aromatic nitrogens is 2. The molecule has 2 aromatic carbocycles. The second kappa shape index (κ2) is 10.5. The summed E-state index contributed by atoms with van der Waals surface area (Å²) in [6, 6.07) is 14.6. The number of nitrogens with zero attached hydrogens (tertiary/aromatic N) is 2. The van der Waals surface area contributed by atoms with Crippen molar-refractivity contribution in [2.24, 2.45) is 0 Å². The maximum atomic E-state index is 12.5. The van der Waals surface area contributed by atoms with Gasteiger partial charge < -0.3 is 19.5 Å². The van der Waals surface area contributed by atoms with Crippen LogP contribution in [0, 0.1) is 6.92 Å². The first-order valence-corrected chi connectivity index (χ1v) is 10.4. The van der Waals surface area contributed by atoms with E-state index in [1.54, 1.807) is 10.9 Å². The van der Waals surface area contributed by atoms with Gasteiger partial charge in [-0.2, -0.15) is 5.10 Å². The van der Waals surface area contributed by atoms with Gasteiger partial charge in [-0.3, -0.25) is 9.48 Å². The number of rotatable bonds is 10. The van der Waals surface area contributed by atoms with E-state index >= 15 is 0 Å². The molecule has 1 N–H and O–H groups in total. The number of hydrogen-bond acceptors (Lipinski definition) is 5. The molecule has 1 heterocycles. The summed E-state index contributed by atoms with van der Waals surface area (Å²) in [5.41, 5.74) is 2.62. The fraction of sp³-hybridized carbons (Fsp3) is 0.333. The van der Waals surface area contributed by atoms with Gasteiger partial charge in [0.15, 0.2) is 11.5 Å². The molecule has 0 radical (unpaired) electrons. The molecular formula is C24H29N3O4. The Balaban J connectivity index is 1.58. The fourth-order valence-electron chi connectivity index (χ4n) is 3.13. The number of carbonyl (C=O) groups excluding carboxylic acids is 1. The highest BCUT2D eigenvalue weighted by Crippen LogP contribution is 2.29. The first kappa shape index (κ1) is 22.2. The van der Waals surface area contributed by atoms with Crippen molar-refractivity contribution in [3.05, 3.63) is 66.0 Å². The number of ether oxygens (including phenoxy) is 3. The molecule has 7 heteroatoms. The van der Waals surface area contributed by atoms with Crippen molar-refractivity contribution < 1.29 is 19.0 Å². The fourth-order valence-corrected chi connectivity index (χ4v) is 3.13. The second-order valence-corrected chi connectivity index (χ2v) is 7.04. The lowest BCUT2D eigenvalue weighted by Crippen LogP contribution is -2.25. The van der Waals surface area contributed by atoms with Crippen molar-refractivity contribution in [3.63, 3.8) is 0 Å². The van der Waals surface area contributed by atoms with E-state index in [9.17, 15) is 4.79 Å². The van der Waals surface area contributed by atoms with Gasteiger partial charge in [-0.1, -0.05) is 6.07 Å². The Morgan fingerprint density at radius 1 is 1.00 bits per heavy atom. The first-order chi connectivity index (χ1) is 15.0. The standard InChI is InChI=1S/C24H29N3O4/c1-5-29-22-12-7-19(15-23(22)30-6-2)16-31-21-10-8-20(9-11-21)26-24(28)18(4)27-17(3)13-14-25-27/h7-15,18H,5-6,16H2,1-4H3,(H,26,28). The van der Waals surface area contributed by atoms with Gasteiger partial charge in [-0.25, -0.2) is 0 Å². The number of amides is 1. The Bertz CT molecular complexity index is 998. The molecule has 1 amide bonds. The average Bonchev–Trinajstić information content (AvgIpc) is 3.20. The lowest BCUT2D eigenvalue weighted by atomic mass is 10.2. The summed E-state index contributed by atoms with van der Waals surface area (Å²) in [6.45, 7) is 9.17. The number of aryl methyl sites for hydroxylation is 1. The number of carbonyl (C=O) groups is 1. The third-order valence-electron chi connectivity index (χ3n) is 4.75. The molecule has 1 aromatic heterocycles. The molecule has 3 aromatic rings. The minimum atomic E-state index is -0.398. The smallest absolute Gasteiger partial charge is 0.248 e. The van der Waals surface area contributed by atoms with E-state index in [-0.39, 0.29) is 5.91 Å². The van der Waals surface area contributed by atoms with Crippen molar-refractivity contribution in [2.45, 2.75) is 40.3 Å². The van der Waals surface area contributed by atoms with Crippen LogP contribution in [0.25, 0.3) is 0 Å². The zero-order valence-electron chi connectivity index (χ0n) is 18.4. The minimum absolute atomic E-state index is 0.127. The highest BCUT2D eigenvalue weighted by molar-refractivity contribution is 5.93. The molecule has 164 valence electrons. The van der Waals surface area contributed by atoms with Gasteiger partial charge in [-0.15, -0.1) is 0 Å². The molecule has 3 rings (SSSR count). The Labute approximate surface area is 182 Å². The molecule has 0 fully saturated rings. The monoisotopic (exact) mass is 423 g/mol. The predicted octanol–water partition coefficient (Wildman–Crippen LogP) is 4.77. The van der Waals surface area contributed by atoms with E-state index in [4.69, 9.17) is 14.2 Å². The molecule has 0 aliphatic carbocycles. The van der Waals surface area contributed by atoms with Gasteiger partial charge in [0.2, 0.25) is 5.91 Å². The van der Waals surface area contributed by atoms with E-state index in [1.807, 2.05) is 76.2 Å². The molecular weight excluding hydrogens is 394 g/mol. The molecule has 1 unspecified atom stereocenters. The van der Waals surface area contributed by atoms with Crippen molar-refractivity contribution in [2.75, 3.05) is 18.5 Å². The number of benzene rings is 2. The van der Waals surface area contributed by atoms with Gasteiger partial charge in [0.05, 0.1) is 13.2 Å². The van der Waals surface area contributed by atoms with Crippen LogP contribution in [0.1, 0.15) is 38.1 Å².